The number of thiophene rings is 1. The number of amides is 1. The van der Waals surface area contributed by atoms with Crippen molar-refractivity contribution in [3.8, 4) is 11.3 Å². The first-order chi connectivity index (χ1) is 11.7. The van der Waals surface area contributed by atoms with Crippen LogP contribution >= 0.6 is 23.1 Å². The number of thioether (sulfide) groups is 1. The maximum Gasteiger partial charge on any atom is 0.266 e. The molecule has 1 aliphatic heterocycles. The SMILES string of the molecule is Nc1c(C(=O)N2CCSCC2)sc2nc(-c3ccccc3)cnc12. The van der Waals surface area contributed by atoms with Crippen LogP contribution in [0.2, 0.25) is 0 Å². The maximum atomic E-state index is 12.7. The molecule has 0 spiro atoms. The highest BCUT2D eigenvalue weighted by molar-refractivity contribution is 7.99. The number of aromatic nitrogens is 2. The lowest BCUT2D eigenvalue weighted by molar-refractivity contribution is 0.0778. The Bertz CT molecular complexity index is 888. The summed E-state index contributed by atoms with van der Waals surface area (Å²) in [5, 5.41) is 0. The molecule has 2 aromatic heterocycles. The van der Waals surface area contributed by atoms with E-state index in [9.17, 15) is 4.79 Å². The van der Waals surface area contributed by atoms with Gasteiger partial charge in [0, 0.05) is 30.2 Å². The third kappa shape index (κ3) is 2.74. The van der Waals surface area contributed by atoms with Crippen LogP contribution in [0.3, 0.4) is 0 Å². The molecule has 1 aliphatic rings. The lowest BCUT2D eigenvalue weighted by Crippen LogP contribution is -2.37. The molecule has 0 saturated carbocycles. The van der Waals surface area contributed by atoms with Crippen molar-refractivity contribution in [2.24, 2.45) is 0 Å². The lowest BCUT2D eigenvalue weighted by atomic mass is 10.2. The number of anilines is 1. The van der Waals surface area contributed by atoms with Crippen molar-refractivity contribution in [1.29, 1.82) is 0 Å². The molecule has 1 saturated heterocycles. The summed E-state index contributed by atoms with van der Waals surface area (Å²) in [5.41, 5.74) is 9.05. The second-order valence-corrected chi connectivity index (χ2v) is 7.75. The van der Waals surface area contributed by atoms with Gasteiger partial charge >= 0.3 is 0 Å². The van der Waals surface area contributed by atoms with E-state index in [1.54, 1.807) is 6.20 Å². The molecule has 24 heavy (non-hydrogen) atoms. The Labute approximate surface area is 147 Å². The summed E-state index contributed by atoms with van der Waals surface area (Å²) in [6.07, 6.45) is 1.71. The highest BCUT2D eigenvalue weighted by Crippen LogP contribution is 2.33. The molecule has 0 radical (unpaired) electrons. The highest BCUT2D eigenvalue weighted by Gasteiger charge is 2.24. The molecule has 3 aromatic rings. The maximum absolute atomic E-state index is 12.7. The predicted octanol–water partition coefficient (Wildman–Crippen LogP) is 3.13. The summed E-state index contributed by atoms with van der Waals surface area (Å²) in [5.74, 6) is 1.95. The zero-order chi connectivity index (χ0) is 16.5. The third-order valence-corrected chi connectivity index (χ3v) is 6.02. The normalized spacial score (nSPS) is 14.9. The number of hydrogen-bond acceptors (Lipinski definition) is 6. The van der Waals surface area contributed by atoms with Crippen LogP contribution in [0.1, 0.15) is 9.67 Å². The minimum absolute atomic E-state index is 0.00105. The van der Waals surface area contributed by atoms with Crippen LogP contribution in [0.5, 0.6) is 0 Å². The summed E-state index contributed by atoms with van der Waals surface area (Å²) in [4.78, 5) is 25.0. The molecule has 0 bridgehead atoms. The van der Waals surface area contributed by atoms with Crippen LogP contribution in [0.4, 0.5) is 5.69 Å². The van der Waals surface area contributed by atoms with Gasteiger partial charge in [0.05, 0.1) is 17.6 Å². The van der Waals surface area contributed by atoms with Crippen molar-refractivity contribution in [2.75, 3.05) is 30.3 Å². The predicted molar refractivity (Wildman–Crippen MR) is 100 cm³/mol. The van der Waals surface area contributed by atoms with Crippen molar-refractivity contribution in [2.45, 2.75) is 0 Å². The van der Waals surface area contributed by atoms with E-state index < -0.39 is 0 Å². The quantitative estimate of drug-likeness (QED) is 0.764. The van der Waals surface area contributed by atoms with Gasteiger partial charge in [-0.3, -0.25) is 4.79 Å². The number of rotatable bonds is 2. The second kappa shape index (κ2) is 6.41. The van der Waals surface area contributed by atoms with Gasteiger partial charge in [-0.25, -0.2) is 9.97 Å². The summed E-state index contributed by atoms with van der Waals surface area (Å²) < 4.78 is 0. The summed E-state index contributed by atoms with van der Waals surface area (Å²) in [7, 11) is 0. The van der Waals surface area contributed by atoms with E-state index in [2.05, 4.69) is 9.97 Å². The van der Waals surface area contributed by atoms with Gasteiger partial charge in [-0.1, -0.05) is 30.3 Å². The van der Waals surface area contributed by atoms with Crippen molar-refractivity contribution >= 4 is 45.0 Å². The second-order valence-electron chi connectivity index (χ2n) is 5.52. The van der Waals surface area contributed by atoms with E-state index in [1.165, 1.54) is 11.3 Å². The van der Waals surface area contributed by atoms with Gasteiger partial charge in [-0.05, 0) is 0 Å². The fraction of sp³-hybridized carbons (Fsp3) is 0.235. The Morgan fingerprint density at radius 3 is 2.67 bits per heavy atom. The highest BCUT2D eigenvalue weighted by atomic mass is 32.2. The first-order valence-electron chi connectivity index (χ1n) is 7.71. The molecule has 5 nitrogen and oxygen atoms in total. The molecule has 1 amide bonds. The van der Waals surface area contributed by atoms with Crippen molar-refractivity contribution in [3.63, 3.8) is 0 Å². The molecular weight excluding hydrogens is 340 g/mol. The number of benzene rings is 1. The van der Waals surface area contributed by atoms with Crippen molar-refractivity contribution in [3.05, 3.63) is 41.4 Å². The van der Waals surface area contributed by atoms with Gasteiger partial charge in [0.2, 0.25) is 0 Å². The Kier molecular flexibility index (Phi) is 4.12. The van der Waals surface area contributed by atoms with E-state index in [0.717, 1.165) is 35.9 Å². The number of nitrogen functional groups attached to an aromatic ring is 1. The standard InChI is InChI=1S/C17H16N4OS2/c18-13-14-16(20-12(10-19-14)11-4-2-1-3-5-11)24-15(13)17(22)21-6-8-23-9-7-21/h1-5,10H,6-9,18H2. The number of nitrogens with zero attached hydrogens (tertiary/aromatic N) is 3. The topological polar surface area (TPSA) is 72.1 Å². The number of carbonyl (C=O) groups excluding carboxylic acids is 1. The Morgan fingerprint density at radius 1 is 1.17 bits per heavy atom. The van der Waals surface area contributed by atoms with E-state index in [-0.39, 0.29) is 5.91 Å². The first-order valence-corrected chi connectivity index (χ1v) is 9.68. The smallest absolute Gasteiger partial charge is 0.266 e. The van der Waals surface area contributed by atoms with Gasteiger partial charge in [0.15, 0.2) is 0 Å². The minimum atomic E-state index is -0.00105. The van der Waals surface area contributed by atoms with Gasteiger partial charge < -0.3 is 10.6 Å². The first kappa shape index (κ1) is 15.4. The Balaban J connectivity index is 1.73. The van der Waals surface area contributed by atoms with Gasteiger partial charge in [-0.15, -0.1) is 11.3 Å². The number of nitrogens with two attached hydrogens (primary N) is 1. The molecule has 0 atom stereocenters. The summed E-state index contributed by atoms with van der Waals surface area (Å²) >= 11 is 3.21. The largest absolute Gasteiger partial charge is 0.396 e. The average molecular weight is 356 g/mol. The zero-order valence-electron chi connectivity index (χ0n) is 12.9. The van der Waals surface area contributed by atoms with Crippen LogP contribution in [0.15, 0.2) is 36.5 Å². The van der Waals surface area contributed by atoms with Crippen LogP contribution in [0.25, 0.3) is 21.6 Å². The molecule has 4 rings (SSSR count). The van der Waals surface area contributed by atoms with E-state index in [1.807, 2.05) is 47.0 Å². The molecule has 1 aromatic carbocycles. The monoisotopic (exact) mass is 356 g/mol. The van der Waals surface area contributed by atoms with Crippen molar-refractivity contribution in [1.82, 2.24) is 14.9 Å². The number of carbonyl (C=O) groups is 1. The number of hydrogen-bond donors (Lipinski definition) is 1. The molecule has 1 fully saturated rings. The molecule has 122 valence electrons. The average Bonchev–Trinajstić information content (AvgIpc) is 2.99. The van der Waals surface area contributed by atoms with Crippen molar-refractivity contribution < 1.29 is 4.79 Å². The zero-order valence-corrected chi connectivity index (χ0v) is 14.6. The van der Waals surface area contributed by atoms with Crippen LogP contribution < -0.4 is 5.73 Å². The Hall–Kier alpha value is -2.12. The molecule has 3 heterocycles. The van der Waals surface area contributed by atoms with E-state index in [4.69, 9.17) is 5.73 Å². The lowest BCUT2D eigenvalue weighted by Gasteiger charge is -2.25. The molecule has 2 N–H and O–H groups in total. The Morgan fingerprint density at radius 2 is 1.92 bits per heavy atom. The summed E-state index contributed by atoms with van der Waals surface area (Å²) in [6.45, 7) is 1.54. The fourth-order valence-corrected chi connectivity index (χ4v) is 4.63. The molecular formula is C17H16N4OS2. The van der Waals surface area contributed by atoms with Crippen LogP contribution in [0, 0.1) is 0 Å². The van der Waals surface area contributed by atoms with Crippen LogP contribution in [-0.2, 0) is 0 Å². The van der Waals surface area contributed by atoms with E-state index in [0.29, 0.717) is 20.9 Å². The van der Waals surface area contributed by atoms with Crippen LogP contribution in [-0.4, -0.2) is 45.4 Å². The summed E-state index contributed by atoms with van der Waals surface area (Å²) in [6, 6.07) is 9.88. The molecule has 0 aliphatic carbocycles. The van der Waals surface area contributed by atoms with Gasteiger partial charge in [0.1, 0.15) is 15.2 Å². The molecule has 7 heteroatoms. The third-order valence-electron chi connectivity index (χ3n) is 4.00. The number of fused-ring (bicyclic) bond motifs is 1. The van der Waals surface area contributed by atoms with E-state index >= 15 is 0 Å². The van der Waals surface area contributed by atoms with Gasteiger partial charge in [0.25, 0.3) is 5.91 Å². The molecule has 0 unspecified atom stereocenters. The fourth-order valence-electron chi connectivity index (χ4n) is 2.70. The van der Waals surface area contributed by atoms with Gasteiger partial charge in [-0.2, -0.15) is 11.8 Å². The minimum Gasteiger partial charge on any atom is -0.396 e.